The van der Waals surface area contributed by atoms with Crippen molar-refractivity contribution in [1.82, 2.24) is 0 Å². The molecule has 0 aliphatic rings. The van der Waals surface area contributed by atoms with E-state index in [1.807, 2.05) is 13.8 Å². The molecule has 1 aromatic carbocycles. The van der Waals surface area contributed by atoms with E-state index in [-0.39, 0.29) is 23.7 Å². The smallest absolute Gasteiger partial charge is 0.309 e. The van der Waals surface area contributed by atoms with Gasteiger partial charge in [0, 0.05) is 0 Å². The van der Waals surface area contributed by atoms with Gasteiger partial charge in [-0.1, -0.05) is 104 Å². The van der Waals surface area contributed by atoms with E-state index in [4.69, 9.17) is 0 Å². The third-order valence-electron chi connectivity index (χ3n) is 8.49. The zero-order valence-corrected chi connectivity index (χ0v) is 23.5. The third kappa shape index (κ3) is 9.61. The SMILES string of the molecule is CCCCC(CC)CC(CC(C)C(=O)O)c1ccc(C(C)CC(C)(C(=O)O)C(C)CCCC)cc1. The first-order valence-electron chi connectivity index (χ1n) is 14.1. The minimum absolute atomic E-state index is 0.123. The number of benzene rings is 1. The van der Waals surface area contributed by atoms with Crippen LogP contribution < -0.4 is 0 Å². The molecule has 0 saturated heterocycles. The zero-order chi connectivity index (χ0) is 26.6. The maximum absolute atomic E-state index is 12.3. The first kappa shape index (κ1) is 31.2. The highest BCUT2D eigenvalue weighted by Gasteiger charge is 2.39. The van der Waals surface area contributed by atoms with Crippen LogP contribution in [0.3, 0.4) is 0 Å². The fraction of sp³-hybridized carbons (Fsp3) is 0.742. The minimum Gasteiger partial charge on any atom is -0.481 e. The predicted octanol–water partition coefficient (Wildman–Crippen LogP) is 8.90. The summed E-state index contributed by atoms with van der Waals surface area (Å²) >= 11 is 0. The van der Waals surface area contributed by atoms with Gasteiger partial charge in [-0.15, -0.1) is 0 Å². The van der Waals surface area contributed by atoms with Crippen LogP contribution in [0.15, 0.2) is 24.3 Å². The van der Waals surface area contributed by atoms with Gasteiger partial charge in [-0.05, 0) is 67.4 Å². The van der Waals surface area contributed by atoms with E-state index in [0.717, 1.165) is 37.7 Å². The highest BCUT2D eigenvalue weighted by atomic mass is 16.4. The Morgan fingerprint density at radius 3 is 1.89 bits per heavy atom. The quantitative estimate of drug-likeness (QED) is 0.216. The van der Waals surface area contributed by atoms with Crippen molar-refractivity contribution >= 4 is 11.9 Å². The number of carboxylic acids is 2. The second kappa shape index (κ2) is 15.3. The standard InChI is InChI=1S/C31H52O4/c1-8-11-13-24(6)31(7,30(34)35)21-23(5)26-15-17-27(18-16-26)28(19-22(4)29(32)33)20-25(10-3)14-12-9-2/h15-18,22-25,28H,8-14,19-21H2,1-7H3,(H,32,33)(H,34,35). The molecule has 4 nitrogen and oxygen atoms in total. The summed E-state index contributed by atoms with van der Waals surface area (Å²) in [4.78, 5) is 23.8. The van der Waals surface area contributed by atoms with Gasteiger partial charge in [0.15, 0.2) is 0 Å². The Hall–Kier alpha value is -1.84. The second-order valence-electron chi connectivity index (χ2n) is 11.4. The first-order valence-corrected chi connectivity index (χ1v) is 14.1. The number of carbonyl (C=O) groups is 2. The lowest BCUT2D eigenvalue weighted by Gasteiger charge is -2.34. The number of unbranched alkanes of at least 4 members (excludes halogenated alkanes) is 2. The molecule has 0 amide bonds. The van der Waals surface area contributed by atoms with E-state index in [9.17, 15) is 19.8 Å². The maximum Gasteiger partial charge on any atom is 0.309 e. The normalized spacial score (nSPS) is 17.7. The summed E-state index contributed by atoms with van der Waals surface area (Å²) in [7, 11) is 0. The number of hydrogen-bond acceptors (Lipinski definition) is 2. The Labute approximate surface area is 214 Å². The van der Waals surface area contributed by atoms with Crippen molar-refractivity contribution in [2.24, 2.45) is 23.2 Å². The first-order chi connectivity index (χ1) is 16.5. The molecule has 0 heterocycles. The molecule has 200 valence electrons. The van der Waals surface area contributed by atoms with E-state index >= 15 is 0 Å². The summed E-state index contributed by atoms with van der Waals surface area (Å²) in [5.41, 5.74) is 1.62. The van der Waals surface area contributed by atoms with Crippen molar-refractivity contribution in [2.75, 3.05) is 0 Å². The van der Waals surface area contributed by atoms with Crippen molar-refractivity contribution in [2.45, 2.75) is 125 Å². The molecule has 0 aromatic heterocycles. The van der Waals surface area contributed by atoms with E-state index in [0.29, 0.717) is 18.8 Å². The number of rotatable bonds is 18. The Balaban J connectivity index is 3.08. The molecule has 0 bridgehead atoms. The summed E-state index contributed by atoms with van der Waals surface area (Å²) < 4.78 is 0. The molecule has 1 aromatic rings. The molecule has 0 fully saturated rings. The Morgan fingerprint density at radius 1 is 0.857 bits per heavy atom. The van der Waals surface area contributed by atoms with Crippen LogP contribution in [0, 0.1) is 23.2 Å². The highest BCUT2D eigenvalue weighted by Crippen LogP contribution is 2.41. The van der Waals surface area contributed by atoms with Crippen molar-refractivity contribution in [1.29, 1.82) is 0 Å². The monoisotopic (exact) mass is 488 g/mol. The van der Waals surface area contributed by atoms with Crippen molar-refractivity contribution in [3.8, 4) is 0 Å². The lowest BCUT2D eigenvalue weighted by molar-refractivity contribution is -0.152. The van der Waals surface area contributed by atoms with Crippen molar-refractivity contribution in [3.63, 3.8) is 0 Å². The molecule has 2 N–H and O–H groups in total. The number of aliphatic carboxylic acids is 2. The molecule has 6 atom stereocenters. The average Bonchev–Trinajstić information content (AvgIpc) is 2.83. The van der Waals surface area contributed by atoms with Crippen LogP contribution >= 0.6 is 0 Å². The molecule has 0 saturated carbocycles. The van der Waals surface area contributed by atoms with Gasteiger partial charge in [0.05, 0.1) is 11.3 Å². The molecule has 6 unspecified atom stereocenters. The van der Waals surface area contributed by atoms with Crippen molar-refractivity contribution in [3.05, 3.63) is 35.4 Å². The molecular weight excluding hydrogens is 436 g/mol. The molecule has 0 radical (unpaired) electrons. The van der Waals surface area contributed by atoms with Crippen LogP contribution in [0.4, 0.5) is 0 Å². The summed E-state index contributed by atoms with van der Waals surface area (Å²) in [5, 5.41) is 19.6. The van der Waals surface area contributed by atoms with E-state index in [2.05, 4.69) is 58.9 Å². The van der Waals surface area contributed by atoms with Gasteiger partial charge in [0.25, 0.3) is 0 Å². The summed E-state index contributed by atoms with van der Waals surface area (Å²) in [5.74, 6) is -0.706. The number of carboxylic acid groups (broad SMARTS) is 2. The lowest BCUT2D eigenvalue weighted by Crippen LogP contribution is -2.36. The average molecular weight is 489 g/mol. The zero-order valence-electron chi connectivity index (χ0n) is 23.5. The van der Waals surface area contributed by atoms with Crippen LogP contribution in [0.1, 0.15) is 136 Å². The molecule has 4 heteroatoms. The van der Waals surface area contributed by atoms with Crippen LogP contribution in [0.5, 0.6) is 0 Å². The number of hydrogen-bond donors (Lipinski definition) is 2. The molecular formula is C31H52O4. The molecule has 35 heavy (non-hydrogen) atoms. The lowest BCUT2D eigenvalue weighted by atomic mass is 9.69. The van der Waals surface area contributed by atoms with Gasteiger partial charge in [-0.2, -0.15) is 0 Å². The topological polar surface area (TPSA) is 74.6 Å². The van der Waals surface area contributed by atoms with Crippen LogP contribution in [0.25, 0.3) is 0 Å². The largest absolute Gasteiger partial charge is 0.481 e. The Morgan fingerprint density at radius 2 is 1.40 bits per heavy atom. The molecule has 0 aliphatic carbocycles. The second-order valence-corrected chi connectivity index (χ2v) is 11.4. The van der Waals surface area contributed by atoms with E-state index in [1.54, 1.807) is 0 Å². The Bertz CT molecular complexity index is 756. The van der Waals surface area contributed by atoms with E-state index < -0.39 is 17.4 Å². The van der Waals surface area contributed by atoms with Crippen LogP contribution in [0.2, 0.25) is 0 Å². The molecule has 0 spiro atoms. The van der Waals surface area contributed by atoms with Gasteiger partial charge in [-0.3, -0.25) is 9.59 Å². The fourth-order valence-corrected chi connectivity index (χ4v) is 5.46. The van der Waals surface area contributed by atoms with Gasteiger partial charge in [-0.25, -0.2) is 0 Å². The van der Waals surface area contributed by atoms with Gasteiger partial charge < -0.3 is 10.2 Å². The highest BCUT2D eigenvalue weighted by molar-refractivity contribution is 5.74. The molecule has 1 rings (SSSR count). The summed E-state index contributed by atoms with van der Waals surface area (Å²) in [6.45, 7) is 14.5. The predicted molar refractivity (Wildman–Crippen MR) is 146 cm³/mol. The van der Waals surface area contributed by atoms with Crippen molar-refractivity contribution < 1.29 is 19.8 Å². The third-order valence-corrected chi connectivity index (χ3v) is 8.49. The van der Waals surface area contributed by atoms with Gasteiger partial charge >= 0.3 is 11.9 Å². The van der Waals surface area contributed by atoms with E-state index in [1.165, 1.54) is 24.8 Å². The van der Waals surface area contributed by atoms with Crippen LogP contribution in [-0.2, 0) is 9.59 Å². The van der Waals surface area contributed by atoms with Gasteiger partial charge in [0.2, 0.25) is 0 Å². The maximum atomic E-state index is 12.3. The summed E-state index contributed by atoms with van der Waals surface area (Å²) in [6.07, 6.45) is 10.1. The molecule has 0 aliphatic heterocycles. The Kier molecular flexibility index (Phi) is 13.6. The van der Waals surface area contributed by atoms with Gasteiger partial charge in [0.1, 0.15) is 0 Å². The fourth-order valence-electron chi connectivity index (χ4n) is 5.46. The van der Waals surface area contributed by atoms with Crippen LogP contribution in [-0.4, -0.2) is 22.2 Å². The summed E-state index contributed by atoms with van der Waals surface area (Å²) in [6, 6.07) is 8.61. The minimum atomic E-state index is -0.750.